The predicted molar refractivity (Wildman–Crippen MR) is 123 cm³/mol. The molecule has 1 aromatic carbocycles. The van der Waals surface area contributed by atoms with Crippen molar-refractivity contribution in [2.45, 2.75) is 38.4 Å². The van der Waals surface area contributed by atoms with Gasteiger partial charge in [-0.3, -0.25) is 19.3 Å². The first-order valence-electron chi connectivity index (χ1n) is 11.0. The van der Waals surface area contributed by atoms with E-state index in [-0.39, 0.29) is 48.4 Å². The van der Waals surface area contributed by atoms with Crippen molar-refractivity contribution in [3.8, 4) is 0 Å². The number of allylic oxidation sites excluding steroid dienone is 2. The van der Waals surface area contributed by atoms with Gasteiger partial charge >= 0.3 is 5.97 Å². The SMILES string of the molecule is CC1C=CC=CC1NC(=O)CCC(C(=O)O)N1C(=O)c2cccc(NCc3ccco3)c2C1=O. The molecule has 3 amide bonds. The third-order valence-corrected chi connectivity index (χ3v) is 5.96. The zero-order chi connectivity index (χ0) is 24.2. The van der Waals surface area contributed by atoms with Gasteiger partial charge in [-0.25, -0.2) is 4.79 Å². The Hall–Kier alpha value is -4.14. The van der Waals surface area contributed by atoms with Crippen molar-refractivity contribution in [3.05, 3.63) is 77.8 Å². The van der Waals surface area contributed by atoms with Crippen molar-refractivity contribution >= 4 is 29.4 Å². The highest BCUT2D eigenvalue weighted by Gasteiger charge is 2.44. The summed E-state index contributed by atoms with van der Waals surface area (Å²) in [7, 11) is 0. The average Bonchev–Trinajstić information content (AvgIpc) is 3.42. The number of hydrogen-bond acceptors (Lipinski definition) is 6. The molecule has 0 radical (unpaired) electrons. The van der Waals surface area contributed by atoms with Gasteiger partial charge in [-0.2, -0.15) is 0 Å². The normalized spacial score (nSPS) is 19.7. The fourth-order valence-corrected chi connectivity index (χ4v) is 4.12. The lowest BCUT2D eigenvalue weighted by Gasteiger charge is -2.24. The van der Waals surface area contributed by atoms with Crippen molar-refractivity contribution in [2.75, 3.05) is 5.32 Å². The minimum Gasteiger partial charge on any atom is -0.480 e. The number of hydrogen-bond donors (Lipinski definition) is 3. The van der Waals surface area contributed by atoms with Crippen LogP contribution in [0.25, 0.3) is 0 Å². The molecule has 9 heteroatoms. The molecule has 3 unspecified atom stereocenters. The van der Waals surface area contributed by atoms with Gasteiger partial charge in [0.25, 0.3) is 11.8 Å². The van der Waals surface area contributed by atoms with Crippen molar-refractivity contribution in [1.82, 2.24) is 10.2 Å². The molecular weight excluding hydrogens is 438 g/mol. The molecular formula is C25H25N3O6. The summed E-state index contributed by atoms with van der Waals surface area (Å²) in [6.07, 6.45) is 8.74. The van der Waals surface area contributed by atoms with Crippen LogP contribution in [0.4, 0.5) is 5.69 Å². The first-order chi connectivity index (χ1) is 16.4. The Bertz CT molecular complexity index is 1170. The van der Waals surface area contributed by atoms with E-state index in [4.69, 9.17) is 4.42 Å². The fraction of sp³-hybridized carbons (Fsp3) is 0.280. The molecule has 2 heterocycles. The van der Waals surface area contributed by atoms with E-state index < -0.39 is 23.8 Å². The van der Waals surface area contributed by atoms with E-state index in [0.717, 1.165) is 4.90 Å². The quantitative estimate of drug-likeness (QED) is 0.488. The van der Waals surface area contributed by atoms with Gasteiger partial charge < -0.3 is 20.2 Å². The minimum absolute atomic E-state index is 0.104. The fourth-order valence-electron chi connectivity index (χ4n) is 4.12. The predicted octanol–water partition coefficient (Wildman–Crippen LogP) is 2.97. The molecule has 2 aromatic rings. The molecule has 3 atom stereocenters. The molecule has 1 aromatic heterocycles. The molecule has 3 N–H and O–H groups in total. The molecule has 0 bridgehead atoms. The Balaban J connectivity index is 1.47. The van der Waals surface area contributed by atoms with Crippen LogP contribution in [0.2, 0.25) is 0 Å². The lowest BCUT2D eigenvalue weighted by Crippen LogP contribution is -2.46. The van der Waals surface area contributed by atoms with Gasteiger partial charge in [-0.15, -0.1) is 0 Å². The maximum Gasteiger partial charge on any atom is 0.326 e. The number of rotatable bonds is 9. The first-order valence-corrected chi connectivity index (χ1v) is 11.0. The van der Waals surface area contributed by atoms with Gasteiger partial charge in [-0.1, -0.05) is 37.3 Å². The topological polar surface area (TPSA) is 129 Å². The summed E-state index contributed by atoms with van der Waals surface area (Å²) >= 11 is 0. The summed E-state index contributed by atoms with van der Waals surface area (Å²) in [4.78, 5) is 51.4. The molecule has 0 spiro atoms. The monoisotopic (exact) mass is 463 g/mol. The standard InChI is InChI=1S/C25H25N3O6/c1-15-6-2-3-9-18(15)27-21(29)12-11-20(25(32)33)28-23(30)17-8-4-10-19(22(17)24(28)31)26-14-16-7-5-13-34-16/h2-10,13,15,18,20,26H,11-12,14H2,1H3,(H,27,29)(H,32,33). The number of furan rings is 1. The number of aliphatic carboxylic acids is 1. The summed E-state index contributed by atoms with van der Waals surface area (Å²) in [6.45, 7) is 2.25. The van der Waals surface area contributed by atoms with Crippen LogP contribution in [0, 0.1) is 5.92 Å². The summed E-state index contributed by atoms with van der Waals surface area (Å²) < 4.78 is 5.28. The van der Waals surface area contributed by atoms with Crippen LogP contribution < -0.4 is 10.6 Å². The maximum atomic E-state index is 13.2. The van der Waals surface area contributed by atoms with Gasteiger partial charge in [0.15, 0.2) is 0 Å². The molecule has 9 nitrogen and oxygen atoms in total. The van der Waals surface area contributed by atoms with E-state index >= 15 is 0 Å². The van der Waals surface area contributed by atoms with Crippen molar-refractivity contribution < 1.29 is 28.7 Å². The van der Waals surface area contributed by atoms with E-state index in [0.29, 0.717) is 11.4 Å². The Labute approximate surface area is 196 Å². The van der Waals surface area contributed by atoms with Crippen LogP contribution >= 0.6 is 0 Å². The Morgan fingerprint density at radius 1 is 1.12 bits per heavy atom. The number of benzene rings is 1. The summed E-state index contributed by atoms with van der Waals surface area (Å²) in [5.74, 6) is -2.35. The molecule has 4 rings (SSSR count). The summed E-state index contributed by atoms with van der Waals surface area (Å²) in [5.41, 5.74) is 0.642. The van der Waals surface area contributed by atoms with Gasteiger partial charge in [0, 0.05) is 12.1 Å². The maximum absolute atomic E-state index is 13.2. The van der Waals surface area contributed by atoms with E-state index in [1.165, 1.54) is 12.3 Å². The number of anilines is 1. The van der Waals surface area contributed by atoms with Crippen LogP contribution in [0.15, 0.2) is 65.3 Å². The zero-order valence-corrected chi connectivity index (χ0v) is 18.6. The van der Waals surface area contributed by atoms with Gasteiger partial charge in [0.2, 0.25) is 5.91 Å². The highest BCUT2D eigenvalue weighted by Crippen LogP contribution is 2.32. The molecule has 176 valence electrons. The highest BCUT2D eigenvalue weighted by molar-refractivity contribution is 6.24. The number of carbonyl (C=O) groups is 4. The van der Waals surface area contributed by atoms with Gasteiger partial charge in [0.05, 0.1) is 30.0 Å². The third kappa shape index (κ3) is 4.63. The number of nitrogens with zero attached hydrogens (tertiary/aromatic N) is 1. The third-order valence-electron chi connectivity index (χ3n) is 5.96. The molecule has 0 fully saturated rings. The molecule has 34 heavy (non-hydrogen) atoms. The summed E-state index contributed by atoms with van der Waals surface area (Å²) in [6, 6.07) is 6.60. The van der Waals surface area contributed by atoms with Crippen LogP contribution in [-0.4, -0.2) is 45.8 Å². The highest BCUT2D eigenvalue weighted by atomic mass is 16.4. The Morgan fingerprint density at radius 2 is 1.91 bits per heavy atom. The smallest absolute Gasteiger partial charge is 0.326 e. The second-order valence-corrected chi connectivity index (χ2v) is 8.26. The van der Waals surface area contributed by atoms with Gasteiger partial charge in [-0.05, 0) is 36.6 Å². The molecule has 2 aliphatic rings. The molecule has 1 aliphatic heterocycles. The van der Waals surface area contributed by atoms with E-state index in [2.05, 4.69) is 10.6 Å². The number of carboxylic acid groups (broad SMARTS) is 1. The second-order valence-electron chi connectivity index (χ2n) is 8.26. The van der Waals surface area contributed by atoms with Crippen molar-refractivity contribution in [3.63, 3.8) is 0 Å². The number of carboxylic acids is 1. The number of nitrogens with one attached hydrogen (secondary N) is 2. The van der Waals surface area contributed by atoms with Gasteiger partial charge in [0.1, 0.15) is 11.8 Å². The lowest BCUT2D eigenvalue weighted by atomic mass is 9.97. The first kappa shape index (κ1) is 23.0. The number of carbonyl (C=O) groups excluding carboxylic acids is 3. The summed E-state index contributed by atoms with van der Waals surface area (Å²) in [5, 5.41) is 15.7. The second kappa shape index (κ2) is 9.78. The van der Waals surface area contributed by atoms with E-state index in [1.807, 2.05) is 31.2 Å². The Kier molecular flexibility index (Phi) is 6.62. The zero-order valence-electron chi connectivity index (χ0n) is 18.6. The minimum atomic E-state index is -1.46. The van der Waals surface area contributed by atoms with E-state index in [9.17, 15) is 24.3 Å². The number of fused-ring (bicyclic) bond motifs is 1. The lowest BCUT2D eigenvalue weighted by molar-refractivity contribution is -0.142. The molecule has 1 aliphatic carbocycles. The average molecular weight is 463 g/mol. The molecule has 0 saturated heterocycles. The van der Waals surface area contributed by atoms with Crippen LogP contribution in [0.1, 0.15) is 46.2 Å². The van der Waals surface area contributed by atoms with Crippen molar-refractivity contribution in [1.29, 1.82) is 0 Å². The molecule has 0 saturated carbocycles. The van der Waals surface area contributed by atoms with Crippen LogP contribution in [0.5, 0.6) is 0 Å². The van der Waals surface area contributed by atoms with Crippen LogP contribution in [0.3, 0.4) is 0 Å². The Morgan fingerprint density at radius 3 is 2.62 bits per heavy atom. The number of amides is 3. The van der Waals surface area contributed by atoms with Crippen molar-refractivity contribution in [2.24, 2.45) is 5.92 Å². The van der Waals surface area contributed by atoms with Crippen LogP contribution in [-0.2, 0) is 16.1 Å². The van der Waals surface area contributed by atoms with E-state index in [1.54, 1.807) is 24.3 Å². The number of imide groups is 1. The largest absolute Gasteiger partial charge is 0.480 e.